The van der Waals surface area contributed by atoms with Crippen LogP contribution in [0.2, 0.25) is 0 Å². The Morgan fingerprint density at radius 3 is 2.38 bits per heavy atom. The van der Waals surface area contributed by atoms with Crippen molar-refractivity contribution >= 4 is 11.9 Å². The van der Waals surface area contributed by atoms with Gasteiger partial charge in [0.2, 0.25) is 0 Å². The van der Waals surface area contributed by atoms with Crippen molar-refractivity contribution < 1.29 is 14.7 Å². The van der Waals surface area contributed by atoms with E-state index in [-0.39, 0.29) is 18.5 Å². The molecule has 2 aromatic rings. The summed E-state index contributed by atoms with van der Waals surface area (Å²) in [5.74, 6) is -1.68. The van der Waals surface area contributed by atoms with Gasteiger partial charge in [-0.1, -0.05) is 30.3 Å². The first-order valence-corrected chi connectivity index (χ1v) is 7.71. The molecule has 24 heavy (non-hydrogen) atoms. The number of nitrogens with one attached hydrogen (secondary N) is 1. The van der Waals surface area contributed by atoms with Crippen molar-refractivity contribution in [3.63, 3.8) is 0 Å². The van der Waals surface area contributed by atoms with Crippen molar-refractivity contribution in [3.8, 4) is 0 Å². The number of amides is 1. The third-order valence-corrected chi connectivity index (χ3v) is 3.82. The fourth-order valence-corrected chi connectivity index (χ4v) is 2.57. The van der Waals surface area contributed by atoms with Crippen LogP contribution in [0.25, 0.3) is 0 Å². The SMILES string of the molecule is CCN(C(=O)c1ccc(C)[nH]c1=O)C(Cc1ccccc1)C(=O)O. The van der Waals surface area contributed by atoms with Gasteiger partial charge < -0.3 is 15.0 Å². The number of rotatable bonds is 6. The van der Waals surface area contributed by atoms with Gasteiger partial charge in [0.05, 0.1) is 0 Å². The molecule has 1 unspecified atom stereocenters. The number of carbonyl (C=O) groups is 2. The Kier molecular flexibility index (Phi) is 5.52. The highest BCUT2D eigenvalue weighted by atomic mass is 16.4. The average molecular weight is 328 g/mol. The van der Waals surface area contributed by atoms with Crippen LogP contribution in [-0.2, 0) is 11.2 Å². The number of H-pyrrole nitrogens is 1. The first kappa shape index (κ1) is 17.5. The third-order valence-electron chi connectivity index (χ3n) is 3.82. The maximum Gasteiger partial charge on any atom is 0.326 e. The second-order valence-corrected chi connectivity index (χ2v) is 5.52. The molecule has 0 spiro atoms. The predicted molar refractivity (Wildman–Crippen MR) is 90.1 cm³/mol. The summed E-state index contributed by atoms with van der Waals surface area (Å²) in [6.07, 6.45) is 0.180. The maximum absolute atomic E-state index is 12.7. The molecule has 1 aromatic heterocycles. The topological polar surface area (TPSA) is 90.5 Å². The molecule has 1 atom stereocenters. The zero-order valence-electron chi connectivity index (χ0n) is 13.7. The van der Waals surface area contributed by atoms with Gasteiger partial charge in [-0.15, -0.1) is 0 Å². The van der Waals surface area contributed by atoms with Crippen LogP contribution < -0.4 is 5.56 Å². The molecule has 0 fully saturated rings. The van der Waals surface area contributed by atoms with Crippen LogP contribution in [0.4, 0.5) is 0 Å². The first-order valence-electron chi connectivity index (χ1n) is 7.71. The van der Waals surface area contributed by atoms with Crippen LogP contribution in [0.5, 0.6) is 0 Å². The van der Waals surface area contributed by atoms with Crippen LogP contribution in [0.3, 0.4) is 0 Å². The van der Waals surface area contributed by atoms with Gasteiger partial charge in [-0.3, -0.25) is 9.59 Å². The van der Waals surface area contributed by atoms with Gasteiger partial charge in [0, 0.05) is 18.7 Å². The van der Waals surface area contributed by atoms with Gasteiger partial charge in [0.15, 0.2) is 0 Å². The van der Waals surface area contributed by atoms with Crippen LogP contribution in [-0.4, -0.2) is 39.5 Å². The number of carbonyl (C=O) groups excluding carboxylic acids is 1. The summed E-state index contributed by atoms with van der Waals surface area (Å²) in [7, 11) is 0. The lowest BCUT2D eigenvalue weighted by Crippen LogP contribution is -2.47. The van der Waals surface area contributed by atoms with E-state index in [2.05, 4.69) is 4.98 Å². The number of benzene rings is 1. The van der Waals surface area contributed by atoms with Gasteiger partial charge in [-0.05, 0) is 31.5 Å². The van der Waals surface area contributed by atoms with E-state index in [1.54, 1.807) is 19.9 Å². The summed E-state index contributed by atoms with van der Waals surface area (Å²) in [5.41, 5.74) is 0.886. The molecule has 2 N–H and O–H groups in total. The van der Waals surface area contributed by atoms with E-state index >= 15 is 0 Å². The molecule has 6 heteroatoms. The Balaban J connectivity index is 2.33. The number of carboxylic acid groups (broad SMARTS) is 1. The van der Waals surface area contributed by atoms with Crippen molar-refractivity contribution in [2.45, 2.75) is 26.3 Å². The van der Waals surface area contributed by atoms with Crippen molar-refractivity contribution in [2.75, 3.05) is 6.54 Å². The lowest BCUT2D eigenvalue weighted by Gasteiger charge is -2.27. The quantitative estimate of drug-likeness (QED) is 0.846. The molecule has 0 aliphatic rings. The summed E-state index contributed by atoms with van der Waals surface area (Å²) in [5, 5.41) is 9.57. The number of carboxylic acids is 1. The van der Waals surface area contributed by atoms with Crippen LogP contribution in [0.15, 0.2) is 47.3 Å². The Morgan fingerprint density at radius 2 is 1.83 bits per heavy atom. The van der Waals surface area contributed by atoms with Crippen LogP contribution in [0.1, 0.15) is 28.5 Å². The molecular weight excluding hydrogens is 308 g/mol. The Morgan fingerprint density at radius 1 is 1.17 bits per heavy atom. The monoisotopic (exact) mass is 328 g/mol. The van der Waals surface area contributed by atoms with E-state index in [1.165, 1.54) is 11.0 Å². The zero-order valence-corrected chi connectivity index (χ0v) is 13.7. The molecule has 0 radical (unpaired) electrons. The highest BCUT2D eigenvalue weighted by Gasteiger charge is 2.30. The van der Waals surface area contributed by atoms with Gasteiger partial charge >= 0.3 is 5.97 Å². The summed E-state index contributed by atoms with van der Waals surface area (Å²) in [6, 6.07) is 11.1. The van der Waals surface area contributed by atoms with Crippen molar-refractivity contribution in [1.82, 2.24) is 9.88 Å². The van der Waals surface area contributed by atoms with E-state index in [0.717, 1.165) is 5.56 Å². The van der Waals surface area contributed by atoms with Crippen molar-refractivity contribution in [2.24, 2.45) is 0 Å². The standard InChI is InChI=1S/C18H20N2O4/c1-3-20(17(22)14-10-9-12(2)19-16(14)21)15(18(23)24)11-13-7-5-4-6-8-13/h4-10,15H,3,11H2,1-2H3,(H,19,21)(H,23,24). The van der Waals surface area contributed by atoms with Crippen molar-refractivity contribution in [3.05, 3.63) is 69.6 Å². The molecule has 2 rings (SSSR count). The molecule has 0 saturated carbocycles. The highest BCUT2D eigenvalue weighted by molar-refractivity contribution is 5.96. The Labute approximate surface area is 139 Å². The molecule has 6 nitrogen and oxygen atoms in total. The zero-order chi connectivity index (χ0) is 17.7. The molecule has 0 aliphatic carbocycles. The lowest BCUT2D eigenvalue weighted by molar-refractivity contribution is -0.142. The number of aromatic amines is 1. The number of pyridine rings is 1. The second kappa shape index (κ2) is 7.59. The fourth-order valence-electron chi connectivity index (χ4n) is 2.57. The van der Waals surface area contributed by atoms with Gasteiger partial charge in [0.25, 0.3) is 11.5 Å². The number of nitrogens with zero attached hydrogens (tertiary/aromatic N) is 1. The minimum Gasteiger partial charge on any atom is -0.480 e. The summed E-state index contributed by atoms with van der Waals surface area (Å²) < 4.78 is 0. The smallest absolute Gasteiger partial charge is 0.326 e. The molecular formula is C18H20N2O4. The molecule has 0 aliphatic heterocycles. The second-order valence-electron chi connectivity index (χ2n) is 5.52. The highest BCUT2D eigenvalue weighted by Crippen LogP contribution is 2.12. The largest absolute Gasteiger partial charge is 0.480 e. The number of hydrogen-bond donors (Lipinski definition) is 2. The minimum absolute atomic E-state index is 0.0539. The molecule has 0 bridgehead atoms. The number of hydrogen-bond acceptors (Lipinski definition) is 3. The number of aromatic nitrogens is 1. The third kappa shape index (κ3) is 3.90. The Hall–Kier alpha value is -2.89. The van der Waals surface area contributed by atoms with E-state index in [9.17, 15) is 19.5 Å². The van der Waals surface area contributed by atoms with E-state index in [4.69, 9.17) is 0 Å². The van der Waals surface area contributed by atoms with E-state index in [1.807, 2.05) is 30.3 Å². The molecule has 1 aromatic carbocycles. The molecule has 1 amide bonds. The predicted octanol–water partition coefficient (Wildman–Crippen LogP) is 1.84. The van der Waals surface area contributed by atoms with Crippen LogP contribution in [0, 0.1) is 6.92 Å². The van der Waals surface area contributed by atoms with Crippen LogP contribution >= 0.6 is 0 Å². The normalized spacial score (nSPS) is 11.8. The lowest BCUT2D eigenvalue weighted by atomic mass is 10.0. The fraction of sp³-hybridized carbons (Fsp3) is 0.278. The first-order chi connectivity index (χ1) is 11.4. The summed E-state index contributed by atoms with van der Waals surface area (Å²) in [6.45, 7) is 3.60. The molecule has 1 heterocycles. The van der Waals surface area contributed by atoms with Gasteiger partial charge in [-0.25, -0.2) is 4.79 Å². The number of likely N-dealkylation sites (N-methyl/N-ethyl adjacent to an activating group) is 1. The van der Waals surface area contributed by atoms with Gasteiger partial charge in [0.1, 0.15) is 11.6 Å². The molecule has 0 saturated heterocycles. The van der Waals surface area contributed by atoms with Crippen molar-refractivity contribution in [1.29, 1.82) is 0 Å². The number of aliphatic carboxylic acids is 1. The average Bonchev–Trinajstić information content (AvgIpc) is 2.55. The minimum atomic E-state index is -1.10. The van der Waals surface area contributed by atoms with E-state index < -0.39 is 23.5 Å². The number of aryl methyl sites for hydroxylation is 1. The summed E-state index contributed by atoms with van der Waals surface area (Å²) >= 11 is 0. The van der Waals surface area contributed by atoms with E-state index in [0.29, 0.717) is 5.69 Å². The maximum atomic E-state index is 12.7. The molecule has 126 valence electrons. The Bertz CT molecular complexity index is 783. The van der Waals surface area contributed by atoms with Gasteiger partial charge in [-0.2, -0.15) is 0 Å². The summed E-state index contributed by atoms with van der Waals surface area (Å²) in [4.78, 5) is 40.2.